The van der Waals surface area contributed by atoms with Gasteiger partial charge in [-0.05, 0) is 39.8 Å². The molecule has 0 bridgehead atoms. The number of amides is 2. The van der Waals surface area contributed by atoms with E-state index in [1.165, 1.54) is 0 Å². The maximum Gasteiger partial charge on any atom is 0.253 e. The predicted octanol–water partition coefficient (Wildman–Crippen LogP) is 1.25. The topological polar surface area (TPSA) is 74.8 Å². The van der Waals surface area contributed by atoms with Gasteiger partial charge in [0.05, 0.1) is 36.4 Å². The largest absolute Gasteiger partial charge is 0.365 e. The van der Waals surface area contributed by atoms with E-state index in [2.05, 4.69) is 10.3 Å². The highest BCUT2D eigenvalue weighted by molar-refractivity contribution is 5.98. The Hall–Kier alpha value is -1.99. The van der Waals surface area contributed by atoms with Gasteiger partial charge in [0.2, 0.25) is 5.91 Å². The van der Waals surface area contributed by atoms with Crippen molar-refractivity contribution in [3.8, 4) is 0 Å². The quantitative estimate of drug-likeness (QED) is 0.902. The van der Waals surface area contributed by atoms with Crippen molar-refractivity contribution < 1.29 is 14.3 Å². The molecule has 0 saturated carbocycles. The van der Waals surface area contributed by atoms with Crippen LogP contribution in [0.2, 0.25) is 0 Å². The van der Waals surface area contributed by atoms with Gasteiger partial charge >= 0.3 is 0 Å². The number of piperazine rings is 1. The molecule has 2 aliphatic rings. The first-order valence-corrected chi connectivity index (χ1v) is 8.36. The van der Waals surface area contributed by atoms with Gasteiger partial charge in [-0.3, -0.25) is 19.5 Å². The Morgan fingerprint density at radius 3 is 2.79 bits per heavy atom. The molecule has 2 amide bonds. The fourth-order valence-electron chi connectivity index (χ4n) is 3.39. The second-order valence-corrected chi connectivity index (χ2v) is 6.74. The molecular weight excluding hydrogens is 308 g/mol. The first-order chi connectivity index (χ1) is 11.4. The van der Waals surface area contributed by atoms with Crippen LogP contribution in [-0.4, -0.2) is 60.1 Å². The van der Waals surface area contributed by atoms with Gasteiger partial charge in [0.25, 0.3) is 5.91 Å². The second kappa shape index (κ2) is 6.86. The summed E-state index contributed by atoms with van der Waals surface area (Å²) in [6.45, 7) is 5.16. The minimum atomic E-state index is -0.409. The first kappa shape index (κ1) is 16.9. The molecule has 0 aliphatic carbocycles. The third-order valence-corrected chi connectivity index (χ3v) is 4.48. The van der Waals surface area contributed by atoms with Crippen LogP contribution in [0.5, 0.6) is 0 Å². The van der Waals surface area contributed by atoms with Gasteiger partial charge < -0.3 is 15.0 Å². The molecule has 1 aromatic rings. The number of carbonyl (C=O) groups is 2. The number of aromatic nitrogens is 1. The zero-order valence-corrected chi connectivity index (χ0v) is 14.4. The Balaban J connectivity index is 1.72. The molecule has 3 heterocycles. The fourth-order valence-corrected chi connectivity index (χ4v) is 3.39. The van der Waals surface area contributed by atoms with Crippen molar-refractivity contribution in [2.45, 2.75) is 44.9 Å². The van der Waals surface area contributed by atoms with Gasteiger partial charge in [0.1, 0.15) is 6.10 Å². The number of likely N-dealkylation sites (N-methyl/N-ethyl adjacent to an activating group) is 1. The molecule has 2 saturated heterocycles. The van der Waals surface area contributed by atoms with Crippen molar-refractivity contribution in [1.82, 2.24) is 9.88 Å². The molecular formula is C17H24N4O3. The highest BCUT2D eigenvalue weighted by Gasteiger charge is 2.30. The van der Waals surface area contributed by atoms with Crippen molar-refractivity contribution in [2.24, 2.45) is 0 Å². The van der Waals surface area contributed by atoms with E-state index in [9.17, 15) is 9.59 Å². The summed E-state index contributed by atoms with van der Waals surface area (Å²) in [7, 11) is 1.93. The van der Waals surface area contributed by atoms with Crippen molar-refractivity contribution in [1.29, 1.82) is 0 Å². The van der Waals surface area contributed by atoms with Crippen molar-refractivity contribution in [3.63, 3.8) is 0 Å². The van der Waals surface area contributed by atoms with Gasteiger partial charge in [-0.2, -0.15) is 0 Å². The molecule has 130 valence electrons. The van der Waals surface area contributed by atoms with E-state index in [-0.39, 0.29) is 24.0 Å². The normalized spacial score (nSPS) is 28.2. The third kappa shape index (κ3) is 3.57. The lowest BCUT2D eigenvalue weighted by molar-refractivity contribution is -0.126. The van der Waals surface area contributed by atoms with Crippen molar-refractivity contribution in [2.75, 3.05) is 30.4 Å². The van der Waals surface area contributed by atoms with Crippen LogP contribution in [0.3, 0.4) is 0 Å². The molecule has 3 rings (SSSR count). The average Bonchev–Trinajstić information content (AvgIpc) is 2.93. The summed E-state index contributed by atoms with van der Waals surface area (Å²) in [5.74, 6) is -0.120. The Morgan fingerprint density at radius 1 is 1.33 bits per heavy atom. The van der Waals surface area contributed by atoms with Crippen LogP contribution in [-0.2, 0) is 14.3 Å². The van der Waals surface area contributed by atoms with E-state index in [0.29, 0.717) is 17.9 Å². The second-order valence-electron chi connectivity index (χ2n) is 6.74. The summed E-state index contributed by atoms with van der Waals surface area (Å²) in [6.07, 6.45) is 4.58. The minimum Gasteiger partial charge on any atom is -0.365 e. The number of nitrogens with zero attached hydrogens (tertiary/aromatic N) is 3. The van der Waals surface area contributed by atoms with Gasteiger partial charge in [-0.25, -0.2) is 0 Å². The predicted molar refractivity (Wildman–Crippen MR) is 90.9 cm³/mol. The lowest BCUT2D eigenvalue weighted by atomic mass is 10.1. The lowest BCUT2D eigenvalue weighted by Crippen LogP contribution is -2.54. The number of rotatable bonds is 3. The Labute approximate surface area is 142 Å². The molecule has 0 spiro atoms. The molecule has 0 radical (unpaired) electrons. The molecule has 7 heteroatoms. The number of pyridine rings is 1. The van der Waals surface area contributed by atoms with Gasteiger partial charge in [-0.15, -0.1) is 0 Å². The SMILES string of the molecule is CC1CCC(C(=O)Nc2cncc(N3C(=O)CN(C)CC3C)c2)O1. The number of anilines is 2. The smallest absolute Gasteiger partial charge is 0.253 e. The lowest BCUT2D eigenvalue weighted by Gasteiger charge is -2.37. The molecule has 1 aromatic heterocycles. The molecule has 3 atom stereocenters. The van der Waals surface area contributed by atoms with Crippen LogP contribution in [0.15, 0.2) is 18.5 Å². The fraction of sp³-hybridized carbons (Fsp3) is 0.588. The van der Waals surface area contributed by atoms with Crippen molar-refractivity contribution in [3.05, 3.63) is 18.5 Å². The van der Waals surface area contributed by atoms with E-state index < -0.39 is 6.10 Å². The van der Waals surface area contributed by atoms with Gasteiger partial charge in [0, 0.05) is 12.6 Å². The van der Waals surface area contributed by atoms with Crippen LogP contribution in [0.1, 0.15) is 26.7 Å². The molecule has 24 heavy (non-hydrogen) atoms. The Bertz CT molecular complexity index is 636. The van der Waals surface area contributed by atoms with E-state index >= 15 is 0 Å². The summed E-state index contributed by atoms with van der Waals surface area (Å²) in [6, 6.07) is 1.85. The molecule has 0 aromatic carbocycles. The molecule has 3 unspecified atom stereocenters. The maximum absolute atomic E-state index is 12.3. The van der Waals surface area contributed by atoms with E-state index in [1.807, 2.05) is 25.8 Å². The van der Waals surface area contributed by atoms with E-state index in [0.717, 1.165) is 19.4 Å². The molecule has 2 aliphatic heterocycles. The highest BCUT2D eigenvalue weighted by Crippen LogP contribution is 2.24. The van der Waals surface area contributed by atoms with Crippen LogP contribution in [0.4, 0.5) is 11.4 Å². The summed E-state index contributed by atoms with van der Waals surface area (Å²) in [5.41, 5.74) is 1.29. The summed E-state index contributed by atoms with van der Waals surface area (Å²) in [4.78, 5) is 32.5. The maximum atomic E-state index is 12.3. The number of hydrogen-bond donors (Lipinski definition) is 1. The zero-order valence-electron chi connectivity index (χ0n) is 14.4. The zero-order chi connectivity index (χ0) is 17.3. The molecule has 1 N–H and O–H groups in total. The van der Waals surface area contributed by atoms with Gasteiger partial charge in [-0.1, -0.05) is 0 Å². The highest BCUT2D eigenvalue weighted by atomic mass is 16.5. The van der Waals surface area contributed by atoms with Gasteiger partial charge in [0.15, 0.2) is 0 Å². The van der Waals surface area contributed by atoms with Crippen LogP contribution in [0.25, 0.3) is 0 Å². The number of ether oxygens (including phenoxy) is 1. The molecule has 7 nitrogen and oxygen atoms in total. The van der Waals surface area contributed by atoms with Crippen molar-refractivity contribution >= 4 is 23.2 Å². The average molecular weight is 332 g/mol. The van der Waals surface area contributed by atoms with E-state index in [4.69, 9.17) is 4.74 Å². The van der Waals surface area contributed by atoms with E-state index in [1.54, 1.807) is 23.4 Å². The third-order valence-electron chi connectivity index (χ3n) is 4.48. The standard InChI is InChI=1S/C17H24N4O3/c1-11-9-20(3)10-16(22)21(11)14-6-13(7-18-8-14)19-17(23)15-5-4-12(2)24-15/h6-8,11-12,15H,4-5,9-10H2,1-3H3,(H,19,23). The van der Waals surface area contributed by atoms with Crippen LogP contribution >= 0.6 is 0 Å². The Kier molecular flexibility index (Phi) is 4.82. The summed E-state index contributed by atoms with van der Waals surface area (Å²) >= 11 is 0. The first-order valence-electron chi connectivity index (χ1n) is 8.36. The number of hydrogen-bond acceptors (Lipinski definition) is 5. The minimum absolute atomic E-state index is 0.0366. The number of carbonyl (C=O) groups excluding carboxylic acids is 2. The summed E-state index contributed by atoms with van der Waals surface area (Å²) in [5, 5.41) is 2.85. The summed E-state index contributed by atoms with van der Waals surface area (Å²) < 4.78 is 5.59. The number of nitrogens with one attached hydrogen (secondary N) is 1. The van der Waals surface area contributed by atoms with Crippen LogP contribution < -0.4 is 10.2 Å². The Morgan fingerprint density at radius 2 is 2.12 bits per heavy atom. The molecule has 2 fully saturated rings. The van der Waals surface area contributed by atoms with Crippen LogP contribution in [0, 0.1) is 0 Å². The monoisotopic (exact) mass is 332 g/mol.